The van der Waals surface area contributed by atoms with Crippen LogP contribution in [-0.2, 0) is 14.8 Å². The summed E-state index contributed by atoms with van der Waals surface area (Å²) in [4.78, 5) is 26.1. The minimum absolute atomic E-state index is 0.107. The fraction of sp³-hybridized carbons (Fsp3) is 0.333. The highest BCUT2D eigenvalue weighted by atomic mass is 32.2. The molecule has 1 N–H and O–H groups in total. The smallest absolute Gasteiger partial charge is 0.251 e. The summed E-state index contributed by atoms with van der Waals surface area (Å²) in [5.74, 6) is -1.24. The van der Waals surface area contributed by atoms with Crippen molar-refractivity contribution in [3.05, 3.63) is 65.0 Å². The molecule has 0 radical (unpaired) electrons. The third kappa shape index (κ3) is 4.85. The number of piperazine rings is 1. The lowest BCUT2D eigenvalue weighted by Crippen LogP contribution is -2.52. The Morgan fingerprint density at radius 1 is 1.00 bits per heavy atom. The summed E-state index contributed by atoms with van der Waals surface area (Å²) in [6.45, 7) is 4.32. The summed E-state index contributed by atoms with van der Waals surface area (Å²) >= 11 is 0. The number of nitrogens with one attached hydrogen (secondary N) is 1. The van der Waals surface area contributed by atoms with E-state index in [1.807, 2.05) is 19.9 Å². The molecule has 2 aromatic rings. The van der Waals surface area contributed by atoms with Crippen LogP contribution in [0.15, 0.2) is 47.4 Å². The molecule has 9 heteroatoms. The van der Waals surface area contributed by atoms with Crippen molar-refractivity contribution >= 4 is 21.8 Å². The average molecular weight is 434 g/mol. The molecule has 0 aromatic heterocycles. The van der Waals surface area contributed by atoms with E-state index in [4.69, 9.17) is 0 Å². The number of aryl methyl sites for hydroxylation is 2. The van der Waals surface area contributed by atoms with E-state index in [0.717, 1.165) is 17.2 Å². The molecular weight excluding hydrogens is 409 g/mol. The number of halogens is 1. The quantitative estimate of drug-likeness (QED) is 0.778. The Labute approximate surface area is 175 Å². The molecule has 0 aliphatic carbocycles. The van der Waals surface area contributed by atoms with Gasteiger partial charge in [-0.2, -0.15) is 4.31 Å². The second-order valence-electron chi connectivity index (χ2n) is 7.22. The topological polar surface area (TPSA) is 86.8 Å². The molecule has 1 fully saturated rings. The Morgan fingerprint density at radius 3 is 2.33 bits per heavy atom. The third-order valence-electron chi connectivity index (χ3n) is 5.19. The molecule has 0 atom stereocenters. The van der Waals surface area contributed by atoms with Gasteiger partial charge in [-0.05, 0) is 55.3 Å². The van der Waals surface area contributed by atoms with Crippen LogP contribution in [0, 0.1) is 19.7 Å². The Morgan fingerprint density at radius 2 is 1.70 bits per heavy atom. The van der Waals surface area contributed by atoms with Crippen molar-refractivity contribution in [2.45, 2.75) is 18.7 Å². The van der Waals surface area contributed by atoms with Crippen LogP contribution < -0.4 is 5.32 Å². The maximum Gasteiger partial charge on any atom is 0.251 e. The molecule has 0 saturated carbocycles. The standard InChI is InChI=1S/C21H24FN3O4S/c1-15-6-7-17(12-16(15)2)21(27)23-14-20(26)24-8-10-25(11-9-24)30(28,29)19-5-3-4-18(22)13-19/h3-7,12-13H,8-11,14H2,1-2H3,(H,23,27). The van der Waals surface area contributed by atoms with Crippen molar-refractivity contribution in [3.8, 4) is 0 Å². The molecule has 1 heterocycles. The number of amides is 2. The van der Waals surface area contributed by atoms with Crippen LogP contribution in [0.1, 0.15) is 21.5 Å². The van der Waals surface area contributed by atoms with Gasteiger partial charge in [0.25, 0.3) is 5.91 Å². The first-order chi connectivity index (χ1) is 14.2. The predicted octanol–water partition coefficient (Wildman–Crippen LogP) is 1.71. The van der Waals surface area contributed by atoms with Crippen LogP contribution in [0.4, 0.5) is 4.39 Å². The van der Waals surface area contributed by atoms with E-state index in [2.05, 4.69) is 5.32 Å². The van der Waals surface area contributed by atoms with E-state index in [-0.39, 0.29) is 49.4 Å². The summed E-state index contributed by atoms with van der Waals surface area (Å²) < 4.78 is 39.9. The zero-order valence-electron chi connectivity index (χ0n) is 16.9. The summed E-state index contributed by atoms with van der Waals surface area (Å²) in [6, 6.07) is 10.2. The van der Waals surface area contributed by atoms with Gasteiger partial charge in [-0.25, -0.2) is 12.8 Å². The van der Waals surface area contributed by atoms with Crippen molar-refractivity contribution in [3.63, 3.8) is 0 Å². The zero-order chi connectivity index (χ0) is 21.9. The van der Waals surface area contributed by atoms with Crippen LogP contribution in [0.25, 0.3) is 0 Å². The maximum absolute atomic E-state index is 13.4. The van der Waals surface area contributed by atoms with Crippen LogP contribution in [-0.4, -0.2) is 62.2 Å². The van der Waals surface area contributed by atoms with Gasteiger partial charge in [0.05, 0.1) is 11.4 Å². The normalized spacial score (nSPS) is 15.1. The van der Waals surface area contributed by atoms with Crippen LogP contribution in [0.2, 0.25) is 0 Å². The largest absolute Gasteiger partial charge is 0.343 e. The second kappa shape index (κ2) is 8.93. The number of sulfonamides is 1. The first kappa shape index (κ1) is 21.9. The molecule has 0 bridgehead atoms. The minimum Gasteiger partial charge on any atom is -0.343 e. The Balaban J connectivity index is 1.54. The van der Waals surface area contributed by atoms with Crippen LogP contribution >= 0.6 is 0 Å². The monoisotopic (exact) mass is 433 g/mol. The molecule has 0 spiro atoms. The highest BCUT2D eigenvalue weighted by Crippen LogP contribution is 2.18. The van der Waals surface area contributed by atoms with E-state index in [9.17, 15) is 22.4 Å². The summed E-state index contributed by atoms with van der Waals surface area (Å²) in [5.41, 5.74) is 2.55. The number of rotatable bonds is 5. The van der Waals surface area contributed by atoms with E-state index in [1.165, 1.54) is 27.4 Å². The van der Waals surface area contributed by atoms with Crippen molar-refractivity contribution in [2.24, 2.45) is 0 Å². The van der Waals surface area contributed by atoms with Gasteiger partial charge in [0.15, 0.2) is 0 Å². The highest BCUT2D eigenvalue weighted by molar-refractivity contribution is 7.89. The molecule has 1 aliphatic heterocycles. The van der Waals surface area contributed by atoms with Gasteiger partial charge in [0.1, 0.15) is 5.82 Å². The SMILES string of the molecule is Cc1ccc(C(=O)NCC(=O)N2CCN(S(=O)(=O)c3cccc(F)c3)CC2)cc1C. The van der Waals surface area contributed by atoms with Crippen LogP contribution in [0.3, 0.4) is 0 Å². The zero-order valence-corrected chi connectivity index (χ0v) is 17.7. The molecule has 160 valence electrons. The lowest BCUT2D eigenvalue weighted by molar-refractivity contribution is -0.131. The highest BCUT2D eigenvalue weighted by Gasteiger charge is 2.30. The lowest BCUT2D eigenvalue weighted by atomic mass is 10.1. The van der Waals surface area contributed by atoms with E-state index in [1.54, 1.807) is 12.1 Å². The van der Waals surface area contributed by atoms with E-state index < -0.39 is 15.8 Å². The number of carbonyl (C=O) groups excluding carboxylic acids is 2. The molecule has 1 aliphatic rings. The molecule has 7 nitrogen and oxygen atoms in total. The van der Waals surface area contributed by atoms with Gasteiger partial charge in [-0.15, -0.1) is 0 Å². The second-order valence-corrected chi connectivity index (χ2v) is 9.16. The number of carbonyl (C=O) groups is 2. The summed E-state index contributed by atoms with van der Waals surface area (Å²) in [5, 5.41) is 2.61. The summed E-state index contributed by atoms with van der Waals surface area (Å²) in [6.07, 6.45) is 0. The number of hydrogen-bond donors (Lipinski definition) is 1. The van der Waals surface area contributed by atoms with Crippen molar-refractivity contribution in [1.82, 2.24) is 14.5 Å². The van der Waals surface area contributed by atoms with Gasteiger partial charge >= 0.3 is 0 Å². The third-order valence-corrected chi connectivity index (χ3v) is 7.09. The Bertz CT molecular complexity index is 1060. The van der Waals surface area contributed by atoms with Crippen LogP contribution in [0.5, 0.6) is 0 Å². The fourth-order valence-corrected chi connectivity index (χ4v) is 4.66. The average Bonchev–Trinajstić information content (AvgIpc) is 2.73. The molecule has 2 aromatic carbocycles. The van der Waals surface area contributed by atoms with Crippen molar-refractivity contribution in [1.29, 1.82) is 0 Å². The Kier molecular flexibility index (Phi) is 6.52. The first-order valence-corrected chi connectivity index (χ1v) is 11.0. The number of nitrogens with zero attached hydrogens (tertiary/aromatic N) is 2. The van der Waals surface area contributed by atoms with E-state index in [0.29, 0.717) is 5.56 Å². The van der Waals surface area contributed by atoms with Gasteiger partial charge in [0, 0.05) is 31.7 Å². The molecular formula is C21H24FN3O4S. The minimum atomic E-state index is -3.82. The molecule has 3 rings (SSSR count). The number of benzene rings is 2. The van der Waals surface area contributed by atoms with E-state index >= 15 is 0 Å². The van der Waals surface area contributed by atoms with Gasteiger partial charge < -0.3 is 10.2 Å². The van der Waals surface area contributed by atoms with Gasteiger partial charge in [0.2, 0.25) is 15.9 Å². The molecule has 0 unspecified atom stereocenters. The van der Waals surface area contributed by atoms with Crippen molar-refractivity contribution in [2.75, 3.05) is 32.7 Å². The number of hydrogen-bond acceptors (Lipinski definition) is 4. The summed E-state index contributed by atoms with van der Waals surface area (Å²) in [7, 11) is -3.82. The molecule has 1 saturated heterocycles. The van der Waals surface area contributed by atoms with Gasteiger partial charge in [-0.3, -0.25) is 9.59 Å². The Hall–Kier alpha value is -2.78. The van der Waals surface area contributed by atoms with Crippen molar-refractivity contribution < 1.29 is 22.4 Å². The fourth-order valence-electron chi connectivity index (χ4n) is 3.21. The lowest BCUT2D eigenvalue weighted by Gasteiger charge is -2.34. The molecule has 30 heavy (non-hydrogen) atoms. The first-order valence-electron chi connectivity index (χ1n) is 9.57. The van der Waals surface area contributed by atoms with Gasteiger partial charge in [-0.1, -0.05) is 12.1 Å². The maximum atomic E-state index is 13.4. The molecule has 2 amide bonds. The predicted molar refractivity (Wildman–Crippen MR) is 110 cm³/mol.